The van der Waals surface area contributed by atoms with Gasteiger partial charge in [0.1, 0.15) is 0 Å². The lowest BCUT2D eigenvalue weighted by Crippen LogP contribution is -2.50. The fraction of sp³-hybridized carbons (Fsp3) is 0.818. The minimum absolute atomic E-state index is 0.301. The molecule has 5 N–H and O–H groups in total. The van der Waals surface area contributed by atoms with Crippen LogP contribution in [0.15, 0.2) is 0 Å². The molecule has 0 aromatic carbocycles. The summed E-state index contributed by atoms with van der Waals surface area (Å²) < 4.78 is 0. The van der Waals surface area contributed by atoms with E-state index in [0.29, 0.717) is 12.8 Å². The van der Waals surface area contributed by atoms with Crippen molar-refractivity contribution < 1.29 is 19.8 Å². The van der Waals surface area contributed by atoms with E-state index in [-0.39, 0.29) is 6.04 Å². The van der Waals surface area contributed by atoms with Gasteiger partial charge < -0.3 is 21.3 Å². The van der Waals surface area contributed by atoms with Crippen molar-refractivity contribution in [3.8, 4) is 0 Å². The number of aliphatic hydroxyl groups excluding tert-OH is 1. The van der Waals surface area contributed by atoms with Crippen LogP contribution in [0.4, 0.5) is 0 Å². The second-order valence-corrected chi connectivity index (χ2v) is 4.52. The van der Waals surface area contributed by atoms with Crippen molar-refractivity contribution in [1.82, 2.24) is 5.32 Å². The SMILES string of the molecule is NC(CC(=O)O)C(=O)NC1CCCCCC1O. The van der Waals surface area contributed by atoms with E-state index in [0.717, 1.165) is 19.3 Å². The summed E-state index contributed by atoms with van der Waals surface area (Å²) in [5, 5.41) is 21.0. The van der Waals surface area contributed by atoms with Crippen molar-refractivity contribution in [3.05, 3.63) is 0 Å². The number of aliphatic carboxylic acids is 1. The molecule has 0 bridgehead atoms. The first kappa shape index (κ1) is 13.9. The zero-order chi connectivity index (χ0) is 12.8. The lowest BCUT2D eigenvalue weighted by atomic mass is 10.1. The van der Waals surface area contributed by atoms with E-state index in [1.165, 1.54) is 0 Å². The molecule has 1 saturated carbocycles. The predicted molar refractivity (Wildman–Crippen MR) is 61.3 cm³/mol. The third-order valence-electron chi connectivity index (χ3n) is 3.04. The van der Waals surface area contributed by atoms with Gasteiger partial charge in [-0.2, -0.15) is 0 Å². The number of carbonyl (C=O) groups excluding carboxylic acids is 1. The number of carbonyl (C=O) groups is 2. The number of nitrogens with one attached hydrogen (secondary N) is 1. The van der Waals surface area contributed by atoms with Gasteiger partial charge in [-0.15, -0.1) is 0 Å². The predicted octanol–water partition coefficient (Wildman–Crippen LogP) is -0.402. The molecule has 0 saturated heterocycles. The molecule has 0 aromatic rings. The third kappa shape index (κ3) is 4.70. The lowest BCUT2D eigenvalue weighted by molar-refractivity contribution is -0.139. The highest BCUT2D eigenvalue weighted by Gasteiger charge is 2.26. The Balaban J connectivity index is 2.45. The van der Waals surface area contributed by atoms with E-state index < -0.39 is 30.4 Å². The Labute approximate surface area is 100 Å². The van der Waals surface area contributed by atoms with Gasteiger partial charge >= 0.3 is 5.97 Å². The Morgan fingerprint density at radius 3 is 2.59 bits per heavy atom. The Morgan fingerprint density at radius 1 is 1.29 bits per heavy atom. The minimum atomic E-state index is -1.10. The molecule has 0 aromatic heterocycles. The number of hydrogen-bond donors (Lipinski definition) is 4. The van der Waals surface area contributed by atoms with Crippen LogP contribution in [-0.4, -0.2) is 40.3 Å². The van der Waals surface area contributed by atoms with Crippen LogP contribution in [0.3, 0.4) is 0 Å². The van der Waals surface area contributed by atoms with Crippen LogP contribution >= 0.6 is 0 Å². The second kappa shape index (κ2) is 6.56. The normalized spacial score (nSPS) is 26.9. The topological polar surface area (TPSA) is 113 Å². The van der Waals surface area contributed by atoms with Crippen molar-refractivity contribution in [2.75, 3.05) is 0 Å². The smallest absolute Gasteiger partial charge is 0.305 e. The highest BCUT2D eigenvalue weighted by atomic mass is 16.4. The zero-order valence-corrected chi connectivity index (χ0v) is 9.76. The van der Waals surface area contributed by atoms with Gasteiger partial charge in [0.25, 0.3) is 0 Å². The first-order valence-electron chi connectivity index (χ1n) is 5.96. The summed E-state index contributed by atoms with van der Waals surface area (Å²) in [5.41, 5.74) is 5.45. The maximum absolute atomic E-state index is 11.6. The van der Waals surface area contributed by atoms with Crippen LogP contribution in [0.2, 0.25) is 0 Å². The van der Waals surface area contributed by atoms with Gasteiger partial charge in [0.05, 0.1) is 24.6 Å². The second-order valence-electron chi connectivity index (χ2n) is 4.52. The Hall–Kier alpha value is -1.14. The average Bonchev–Trinajstić information content (AvgIpc) is 2.43. The molecule has 0 heterocycles. The summed E-state index contributed by atoms with van der Waals surface area (Å²) in [6.07, 6.45) is 3.38. The summed E-state index contributed by atoms with van der Waals surface area (Å²) >= 11 is 0. The Morgan fingerprint density at radius 2 is 1.94 bits per heavy atom. The quantitative estimate of drug-likeness (QED) is 0.502. The zero-order valence-electron chi connectivity index (χ0n) is 9.76. The van der Waals surface area contributed by atoms with E-state index >= 15 is 0 Å². The highest BCUT2D eigenvalue weighted by Crippen LogP contribution is 2.18. The molecule has 3 atom stereocenters. The third-order valence-corrected chi connectivity index (χ3v) is 3.04. The monoisotopic (exact) mass is 244 g/mol. The number of carboxylic acids is 1. The maximum Gasteiger partial charge on any atom is 0.305 e. The van der Waals surface area contributed by atoms with Crippen LogP contribution in [0.5, 0.6) is 0 Å². The van der Waals surface area contributed by atoms with E-state index in [9.17, 15) is 14.7 Å². The van der Waals surface area contributed by atoms with Gasteiger partial charge in [-0.3, -0.25) is 9.59 Å². The summed E-state index contributed by atoms with van der Waals surface area (Å²) in [6.45, 7) is 0. The molecule has 1 aliphatic carbocycles. The number of nitrogens with two attached hydrogens (primary N) is 1. The van der Waals surface area contributed by atoms with Gasteiger partial charge in [-0.05, 0) is 12.8 Å². The Kier molecular flexibility index (Phi) is 5.37. The molecule has 98 valence electrons. The summed E-state index contributed by atoms with van der Waals surface area (Å²) in [4.78, 5) is 22.0. The molecule has 0 aliphatic heterocycles. The number of amides is 1. The van der Waals surface area contributed by atoms with Gasteiger partial charge in [0, 0.05) is 0 Å². The standard InChI is InChI=1S/C11H20N2O4/c12-7(6-10(15)16)11(17)13-8-4-2-1-3-5-9(8)14/h7-9,14H,1-6,12H2,(H,13,17)(H,15,16). The fourth-order valence-corrected chi connectivity index (χ4v) is 2.03. The van der Waals surface area contributed by atoms with Crippen molar-refractivity contribution in [2.45, 2.75) is 56.7 Å². The lowest BCUT2D eigenvalue weighted by Gasteiger charge is -2.23. The van der Waals surface area contributed by atoms with Gasteiger partial charge in [-0.1, -0.05) is 19.3 Å². The Bertz CT molecular complexity index is 283. The molecule has 17 heavy (non-hydrogen) atoms. The first-order valence-corrected chi connectivity index (χ1v) is 5.96. The average molecular weight is 244 g/mol. The van der Waals surface area contributed by atoms with Crippen LogP contribution in [-0.2, 0) is 9.59 Å². The molecule has 1 rings (SSSR count). The van der Waals surface area contributed by atoms with Crippen LogP contribution in [0, 0.1) is 0 Å². The van der Waals surface area contributed by atoms with Crippen molar-refractivity contribution in [2.24, 2.45) is 5.73 Å². The molecular formula is C11H20N2O4. The van der Waals surface area contributed by atoms with Crippen molar-refractivity contribution in [3.63, 3.8) is 0 Å². The summed E-state index contributed by atoms with van der Waals surface area (Å²) in [5.74, 6) is -1.60. The van der Waals surface area contributed by atoms with Gasteiger partial charge in [-0.25, -0.2) is 0 Å². The van der Waals surface area contributed by atoms with Crippen LogP contribution in [0.1, 0.15) is 38.5 Å². The van der Waals surface area contributed by atoms with Crippen molar-refractivity contribution >= 4 is 11.9 Å². The summed E-state index contributed by atoms with van der Waals surface area (Å²) in [7, 11) is 0. The number of carboxylic acid groups (broad SMARTS) is 1. The van der Waals surface area contributed by atoms with E-state index in [1.54, 1.807) is 0 Å². The molecule has 6 heteroatoms. The van der Waals surface area contributed by atoms with Crippen LogP contribution < -0.4 is 11.1 Å². The maximum atomic E-state index is 11.6. The molecule has 0 radical (unpaired) electrons. The van der Waals surface area contributed by atoms with E-state index in [2.05, 4.69) is 5.32 Å². The molecule has 0 spiro atoms. The van der Waals surface area contributed by atoms with Gasteiger partial charge in [0.15, 0.2) is 0 Å². The van der Waals surface area contributed by atoms with E-state index in [4.69, 9.17) is 10.8 Å². The van der Waals surface area contributed by atoms with Crippen LogP contribution in [0.25, 0.3) is 0 Å². The number of rotatable bonds is 4. The molecule has 3 unspecified atom stereocenters. The van der Waals surface area contributed by atoms with E-state index in [1.807, 2.05) is 0 Å². The fourth-order valence-electron chi connectivity index (χ4n) is 2.03. The summed E-state index contributed by atoms with van der Waals surface area (Å²) in [6, 6.07) is -1.35. The largest absolute Gasteiger partial charge is 0.481 e. The minimum Gasteiger partial charge on any atom is -0.481 e. The highest BCUT2D eigenvalue weighted by molar-refractivity contribution is 5.86. The van der Waals surface area contributed by atoms with Gasteiger partial charge in [0.2, 0.25) is 5.91 Å². The first-order chi connectivity index (χ1) is 8.00. The molecule has 1 amide bonds. The molecule has 1 fully saturated rings. The number of hydrogen-bond acceptors (Lipinski definition) is 4. The molecule has 6 nitrogen and oxygen atoms in total. The molecule has 1 aliphatic rings. The number of aliphatic hydroxyl groups is 1. The molecular weight excluding hydrogens is 224 g/mol. The van der Waals surface area contributed by atoms with Crippen molar-refractivity contribution in [1.29, 1.82) is 0 Å².